The van der Waals surface area contributed by atoms with Gasteiger partial charge in [0.25, 0.3) is 0 Å². The van der Waals surface area contributed by atoms with E-state index in [1.165, 1.54) is 0 Å². The summed E-state index contributed by atoms with van der Waals surface area (Å²) in [4.78, 5) is 14.4. The van der Waals surface area contributed by atoms with Gasteiger partial charge in [0.2, 0.25) is 6.08 Å². The summed E-state index contributed by atoms with van der Waals surface area (Å²) in [6.07, 6.45) is 2.13. The number of hydrogen-bond acceptors (Lipinski definition) is 4. The first-order chi connectivity index (χ1) is 8.52. The highest BCUT2D eigenvalue weighted by atomic mass is 32.2. The summed E-state index contributed by atoms with van der Waals surface area (Å²) in [6.45, 7) is 1.95. The molecule has 1 heterocycles. The molecule has 0 N–H and O–H groups in total. The molecule has 1 aromatic rings. The Kier molecular flexibility index (Phi) is 3.64. The first kappa shape index (κ1) is 13.0. The molecule has 96 valence electrons. The van der Waals surface area contributed by atoms with Gasteiger partial charge in [-0.1, -0.05) is 29.8 Å². The highest BCUT2D eigenvalue weighted by Crippen LogP contribution is 2.34. The van der Waals surface area contributed by atoms with Crippen molar-refractivity contribution in [3.05, 3.63) is 35.4 Å². The Morgan fingerprint density at radius 1 is 1.44 bits per heavy atom. The first-order valence-electron chi connectivity index (χ1n) is 5.86. The summed E-state index contributed by atoms with van der Waals surface area (Å²) in [7, 11) is -2.97. The SMILES string of the molecule is Cc1cccc(C(N=C=O)C2CCS(=O)(=O)C2)c1. The molecule has 1 aromatic carbocycles. The van der Waals surface area contributed by atoms with Crippen LogP contribution in [0.4, 0.5) is 0 Å². The highest BCUT2D eigenvalue weighted by Gasteiger charge is 2.34. The zero-order chi connectivity index (χ0) is 13.2. The number of hydrogen-bond donors (Lipinski definition) is 0. The third-order valence-electron chi connectivity index (χ3n) is 3.29. The van der Waals surface area contributed by atoms with Crippen LogP contribution in [-0.4, -0.2) is 26.0 Å². The van der Waals surface area contributed by atoms with E-state index in [9.17, 15) is 13.2 Å². The van der Waals surface area contributed by atoms with E-state index >= 15 is 0 Å². The molecule has 0 aromatic heterocycles. The van der Waals surface area contributed by atoms with E-state index in [1.807, 2.05) is 31.2 Å². The third-order valence-corrected chi connectivity index (χ3v) is 5.08. The molecule has 2 atom stereocenters. The zero-order valence-corrected chi connectivity index (χ0v) is 11.0. The topological polar surface area (TPSA) is 63.6 Å². The molecular formula is C13H15NO3S. The molecule has 1 saturated heterocycles. The van der Waals surface area contributed by atoms with Gasteiger partial charge in [-0.2, -0.15) is 4.99 Å². The van der Waals surface area contributed by atoms with Gasteiger partial charge in [-0.25, -0.2) is 13.2 Å². The van der Waals surface area contributed by atoms with Crippen molar-refractivity contribution < 1.29 is 13.2 Å². The van der Waals surface area contributed by atoms with E-state index in [4.69, 9.17) is 0 Å². The lowest BCUT2D eigenvalue weighted by Gasteiger charge is -2.17. The van der Waals surface area contributed by atoms with Crippen LogP contribution in [-0.2, 0) is 14.6 Å². The predicted octanol–water partition coefficient (Wildman–Crippen LogP) is 1.81. The minimum Gasteiger partial charge on any atom is -0.229 e. The van der Waals surface area contributed by atoms with Crippen molar-refractivity contribution in [3.63, 3.8) is 0 Å². The molecule has 18 heavy (non-hydrogen) atoms. The minimum atomic E-state index is -2.97. The van der Waals surface area contributed by atoms with E-state index in [1.54, 1.807) is 6.08 Å². The zero-order valence-electron chi connectivity index (χ0n) is 10.2. The summed E-state index contributed by atoms with van der Waals surface area (Å²) in [5.41, 5.74) is 1.96. The second kappa shape index (κ2) is 5.04. The van der Waals surface area contributed by atoms with E-state index < -0.39 is 9.84 Å². The fourth-order valence-corrected chi connectivity index (χ4v) is 4.27. The number of rotatable bonds is 3. The van der Waals surface area contributed by atoms with Gasteiger partial charge in [-0.05, 0) is 18.9 Å². The van der Waals surface area contributed by atoms with Crippen LogP contribution < -0.4 is 0 Å². The van der Waals surface area contributed by atoms with Gasteiger partial charge in [0.05, 0.1) is 17.5 Å². The lowest BCUT2D eigenvalue weighted by Crippen LogP contribution is -2.13. The van der Waals surface area contributed by atoms with Gasteiger partial charge in [-0.15, -0.1) is 0 Å². The molecule has 0 spiro atoms. The van der Waals surface area contributed by atoms with Crippen molar-refractivity contribution in [2.75, 3.05) is 11.5 Å². The van der Waals surface area contributed by atoms with Crippen LogP contribution in [0, 0.1) is 12.8 Å². The number of aryl methyl sites for hydroxylation is 1. The van der Waals surface area contributed by atoms with Gasteiger partial charge in [0.15, 0.2) is 9.84 Å². The number of sulfone groups is 1. The van der Waals surface area contributed by atoms with Crippen LogP contribution in [0.5, 0.6) is 0 Å². The molecule has 0 saturated carbocycles. The largest absolute Gasteiger partial charge is 0.235 e. The summed E-state index contributed by atoms with van der Waals surface area (Å²) in [5.74, 6) is 0.184. The lowest BCUT2D eigenvalue weighted by atomic mass is 9.92. The molecule has 1 fully saturated rings. The molecule has 5 heteroatoms. The molecule has 0 radical (unpaired) electrons. The fourth-order valence-electron chi connectivity index (χ4n) is 2.44. The summed E-state index contributed by atoms with van der Waals surface area (Å²) < 4.78 is 23.0. The van der Waals surface area contributed by atoms with Crippen molar-refractivity contribution in [2.24, 2.45) is 10.9 Å². The number of isocyanates is 1. The van der Waals surface area contributed by atoms with Crippen molar-refractivity contribution in [1.82, 2.24) is 0 Å². The van der Waals surface area contributed by atoms with Crippen molar-refractivity contribution in [2.45, 2.75) is 19.4 Å². The molecule has 4 nitrogen and oxygen atoms in total. The van der Waals surface area contributed by atoms with Crippen molar-refractivity contribution in [3.8, 4) is 0 Å². The molecule has 0 aliphatic carbocycles. The molecule has 0 bridgehead atoms. The Labute approximate surface area is 107 Å². The van der Waals surface area contributed by atoms with E-state index in [2.05, 4.69) is 4.99 Å². The number of carbonyl (C=O) groups excluding carboxylic acids is 1. The van der Waals surface area contributed by atoms with E-state index in [-0.39, 0.29) is 23.5 Å². The van der Waals surface area contributed by atoms with Gasteiger partial charge >= 0.3 is 0 Å². The standard InChI is InChI=1S/C13H15NO3S/c1-10-3-2-4-11(7-10)13(14-9-15)12-5-6-18(16,17)8-12/h2-4,7,12-13H,5-6,8H2,1H3. The smallest absolute Gasteiger partial charge is 0.229 e. The number of benzene rings is 1. The van der Waals surface area contributed by atoms with Gasteiger partial charge in [-0.3, -0.25) is 0 Å². The lowest BCUT2D eigenvalue weighted by molar-refractivity contribution is 0.474. The van der Waals surface area contributed by atoms with Gasteiger partial charge in [0, 0.05) is 5.92 Å². The minimum absolute atomic E-state index is 0.108. The molecule has 1 aliphatic rings. The molecule has 1 aliphatic heterocycles. The van der Waals surface area contributed by atoms with E-state index in [0.717, 1.165) is 11.1 Å². The highest BCUT2D eigenvalue weighted by molar-refractivity contribution is 7.91. The second-order valence-corrected chi connectivity index (χ2v) is 6.97. The van der Waals surface area contributed by atoms with Crippen LogP contribution in [0.3, 0.4) is 0 Å². The quantitative estimate of drug-likeness (QED) is 0.618. The van der Waals surface area contributed by atoms with Crippen molar-refractivity contribution in [1.29, 1.82) is 0 Å². The molecule has 0 amide bonds. The average molecular weight is 265 g/mol. The van der Waals surface area contributed by atoms with Crippen LogP contribution in [0.15, 0.2) is 29.3 Å². The third kappa shape index (κ3) is 2.86. The predicted molar refractivity (Wildman–Crippen MR) is 68.8 cm³/mol. The Hall–Kier alpha value is -1.45. The maximum atomic E-state index is 11.5. The molecule has 2 unspecified atom stereocenters. The van der Waals surface area contributed by atoms with Gasteiger partial charge in [0.1, 0.15) is 0 Å². The van der Waals surface area contributed by atoms with Crippen molar-refractivity contribution >= 4 is 15.9 Å². The van der Waals surface area contributed by atoms with Crippen LogP contribution >= 0.6 is 0 Å². The van der Waals surface area contributed by atoms with Crippen LogP contribution in [0.2, 0.25) is 0 Å². The number of aliphatic imine (C=N–C) groups is 1. The normalized spacial score (nSPS) is 23.3. The average Bonchev–Trinajstić information content (AvgIpc) is 2.66. The second-order valence-electron chi connectivity index (χ2n) is 4.74. The number of nitrogens with zero attached hydrogens (tertiary/aromatic N) is 1. The molecular weight excluding hydrogens is 250 g/mol. The fraction of sp³-hybridized carbons (Fsp3) is 0.462. The Morgan fingerprint density at radius 3 is 2.78 bits per heavy atom. The first-order valence-corrected chi connectivity index (χ1v) is 7.68. The summed E-state index contributed by atoms with van der Waals surface area (Å²) >= 11 is 0. The van der Waals surface area contributed by atoms with Crippen LogP contribution in [0.1, 0.15) is 23.6 Å². The van der Waals surface area contributed by atoms with Crippen LogP contribution in [0.25, 0.3) is 0 Å². The monoisotopic (exact) mass is 265 g/mol. The maximum absolute atomic E-state index is 11.5. The Bertz CT molecular complexity index is 588. The summed E-state index contributed by atoms with van der Waals surface area (Å²) in [6, 6.07) is 7.28. The Morgan fingerprint density at radius 2 is 2.22 bits per heavy atom. The van der Waals surface area contributed by atoms with E-state index in [0.29, 0.717) is 6.42 Å². The van der Waals surface area contributed by atoms with Gasteiger partial charge < -0.3 is 0 Å². The maximum Gasteiger partial charge on any atom is 0.235 e. The molecule has 2 rings (SSSR count). The summed E-state index contributed by atoms with van der Waals surface area (Å²) in [5, 5.41) is 0. The Balaban J connectivity index is 2.32.